The molecule has 7 heteroatoms. The molecule has 0 saturated heterocycles. The van der Waals surface area contributed by atoms with Crippen molar-refractivity contribution >= 4 is 17.6 Å². The number of hydrogen-bond donors (Lipinski definition) is 2. The first-order valence-corrected chi connectivity index (χ1v) is 7.42. The predicted molar refractivity (Wildman–Crippen MR) is 93.4 cm³/mol. The molecule has 24 heavy (non-hydrogen) atoms. The number of nitro groups is 1. The molecule has 1 unspecified atom stereocenters. The summed E-state index contributed by atoms with van der Waals surface area (Å²) in [5, 5.41) is 12.5. The van der Waals surface area contributed by atoms with E-state index in [0.717, 1.165) is 22.6 Å². The number of hydrazine groups is 1. The maximum absolute atomic E-state index is 10.7. The second kappa shape index (κ2) is 6.51. The zero-order chi connectivity index (χ0) is 17.1. The summed E-state index contributed by atoms with van der Waals surface area (Å²) in [5.41, 5.74) is 12.8. The molecule has 3 rings (SSSR count). The fourth-order valence-electron chi connectivity index (χ4n) is 2.46. The van der Waals surface area contributed by atoms with Gasteiger partial charge < -0.3 is 5.73 Å². The van der Waals surface area contributed by atoms with Crippen molar-refractivity contribution in [3.8, 4) is 0 Å². The molecular formula is C17H17N5O2. The zero-order valence-electron chi connectivity index (χ0n) is 13.1. The third kappa shape index (κ3) is 3.11. The smallest absolute Gasteiger partial charge is 0.269 e. The van der Waals surface area contributed by atoms with Gasteiger partial charge in [-0.15, -0.1) is 0 Å². The fourth-order valence-corrected chi connectivity index (χ4v) is 2.46. The molecule has 1 aliphatic rings. The number of nitro benzene ring substituents is 1. The number of rotatable bonds is 4. The second-order valence-corrected chi connectivity index (χ2v) is 5.38. The van der Waals surface area contributed by atoms with Crippen molar-refractivity contribution in [2.75, 3.05) is 5.01 Å². The monoisotopic (exact) mass is 323 g/mol. The maximum atomic E-state index is 10.7. The summed E-state index contributed by atoms with van der Waals surface area (Å²) in [6.07, 6.45) is 1.24. The van der Waals surface area contributed by atoms with Gasteiger partial charge in [0.2, 0.25) is 0 Å². The highest BCUT2D eigenvalue weighted by atomic mass is 16.6. The van der Waals surface area contributed by atoms with Crippen LogP contribution >= 0.6 is 0 Å². The van der Waals surface area contributed by atoms with Gasteiger partial charge in [-0.25, -0.2) is 0 Å². The molecule has 122 valence electrons. The highest BCUT2D eigenvalue weighted by Gasteiger charge is 2.27. The molecule has 0 spiro atoms. The van der Waals surface area contributed by atoms with Gasteiger partial charge in [-0.2, -0.15) is 0 Å². The van der Waals surface area contributed by atoms with E-state index in [9.17, 15) is 10.1 Å². The minimum atomic E-state index is -0.428. The van der Waals surface area contributed by atoms with Crippen molar-refractivity contribution in [1.82, 2.24) is 5.43 Å². The van der Waals surface area contributed by atoms with Gasteiger partial charge in [-0.1, -0.05) is 18.2 Å². The lowest BCUT2D eigenvalue weighted by molar-refractivity contribution is -0.384. The lowest BCUT2D eigenvalue weighted by Gasteiger charge is -2.24. The molecule has 0 aromatic heterocycles. The third-order valence-corrected chi connectivity index (χ3v) is 3.72. The number of benzene rings is 2. The van der Waals surface area contributed by atoms with Crippen LogP contribution in [-0.2, 0) is 0 Å². The van der Waals surface area contributed by atoms with Gasteiger partial charge in [0.25, 0.3) is 5.69 Å². The van der Waals surface area contributed by atoms with Crippen LogP contribution in [0.15, 0.2) is 71.0 Å². The van der Waals surface area contributed by atoms with Gasteiger partial charge in [-0.05, 0) is 36.8 Å². The van der Waals surface area contributed by atoms with Crippen LogP contribution in [0.25, 0.3) is 0 Å². The molecule has 2 aromatic carbocycles. The standard InChI is InChI=1S/C17H17N5O2/c1-12-16(17(18)21(20-12)14-5-3-2-4-6-14)19-11-13-7-9-15(10-8-13)22(23)24/h2-11,17,20H,18H2,1H3. The Morgan fingerprint density at radius 2 is 1.88 bits per heavy atom. The van der Waals surface area contributed by atoms with Crippen molar-refractivity contribution in [3.63, 3.8) is 0 Å². The van der Waals surface area contributed by atoms with E-state index in [1.165, 1.54) is 12.1 Å². The number of aliphatic imine (C=N–C) groups is 1. The second-order valence-electron chi connectivity index (χ2n) is 5.38. The third-order valence-electron chi connectivity index (χ3n) is 3.72. The van der Waals surface area contributed by atoms with Crippen molar-refractivity contribution in [3.05, 3.63) is 81.7 Å². The molecule has 1 aliphatic heterocycles. The number of nitrogens with two attached hydrogens (primary N) is 1. The molecular weight excluding hydrogens is 306 g/mol. The number of allylic oxidation sites excluding steroid dienone is 1. The van der Waals surface area contributed by atoms with Gasteiger partial charge in [0.05, 0.1) is 22.0 Å². The van der Waals surface area contributed by atoms with E-state index >= 15 is 0 Å². The van der Waals surface area contributed by atoms with Crippen molar-refractivity contribution in [2.24, 2.45) is 10.7 Å². The van der Waals surface area contributed by atoms with Gasteiger partial charge >= 0.3 is 0 Å². The van der Waals surface area contributed by atoms with Crippen LogP contribution < -0.4 is 16.2 Å². The number of anilines is 1. The Morgan fingerprint density at radius 1 is 1.21 bits per heavy atom. The summed E-state index contributed by atoms with van der Waals surface area (Å²) >= 11 is 0. The van der Waals surface area contributed by atoms with Crippen LogP contribution in [0.1, 0.15) is 12.5 Å². The van der Waals surface area contributed by atoms with E-state index in [1.807, 2.05) is 42.3 Å². The van der Waals surface area contributed by atoms with E-state index < -0.39 is 11.1 Å². The minimum absolute atomic E-state index is 0.0528. The van der Waals surface area contributed by atoms with E-state index in [2.05, 4.69) is 10.4 Å². The lowest BCUT2D eigenvalue weighted by Crippen LogP contribution is -2.44. The zero-order valence-corrected chi connectivity index (χ0v) is 13.1. The Bertz CT molecular complexity index is 799. The van der Waals surface area contributed by atoms with Crippen LogP contribution in [0.4, 0.5) is 11.4 Å². The first-order valence-electron chi connectivity index (χ1n) is 7.42. The van der Waals surface area contributed by atoms with Gasteiger partial charge in [0.1, 0.15) is 6.17 Å². The first-order chi connectivity index (χ1) is 11.6. The summed E-state index contributed by atoms with van der Waals surface area (Å²) in [6, 6.07) is 16.0. The Balaban J connectivity index is 1.77. The molecule has 3 N–H and O–H groups in total. The van der Waals surface area contributed by atoms with Gasteiger partial charge in [0.15, 0.2) is 0 Å². The van der Waals surface area contributed by atoms with E-state index in [1.54, 1.807) is 18.3 Å². The number of non-ortho nitro benzene ring substituents is 1. The summed E-state index contributed by atoms with van der Waals surface area (Å²) in [5.74, 6) is 0. The Hall–Kier alpha value is -3.19. The normalized spacial score (nSPS) is 17.4. The van der Waals surface area contributed by atoms with Crippen molar-refractivity contribution < 1.29 is 4.92 Å². The number of nitrogens with zero attached hydrogens (tertiary/aromatic N) is 3. The number of para-hydroxylation sites is 1. The Labute approximate surface area is 139 Å². The average Bonchev–Trinajstić information content (AvgIpc) is 2.88. The van der Waals surface area contributed by atoms with Crippen molar-refractivity contribution in [2.45, 2.75) is 13.1 Å². The quantitative estimate of drug-likeness (QED) is 0.512. The van der Waals surface area contributed by atoms with E-state index in [4.69, 9.17) is 5.73 Å². The summed E-state index contributed by atoms with van der Waals surface area (Å²) < 4.78 is 0. The SMILES string of the molecule is CC1=C(N=Cc2ccc([N+](=O)[O-])cc2)C(N)N(c2ccccc2)N1. The Morgan fingerprint density at radius 3 is 2.50 bits per heavy atom. The summed E-state index contributed by atoms with van der Waals surface area (Å²) in [7, 11) is 0. The molecule has 0 saturated carbocycles. The topological polar surface area (TPSA) is 96.8 Å². The molecule has 1 heterocycles. The van der Waals surface area contributed by atoms with Crippen LogP contribution in [0, 0.1) is 10.1 Å². The highest BCUT2D eigenvalue weighted by Crippen LogP contribution is 2.24. The first kappa shape index (κ1) is 15.7. The molecule has 0 bridgehead atoms. The number of hydrogen-bond acceptors (Lipinski definition) is 6. The highest BCUT2D eigenvalue weighted by molar-refractivity contribution is 5.81. The Kier molecular flexibility index (Phi) is 4.26. The molecule has 0 amide bonds. The molecule has 7 nitrogen and oxygen atoms in total. The van der Waals surface area contributed by atoms with Crippen LogP contribution in [0.3, 0.4) is 0 Å². The van der Waals surface area contributed by atoms with Crippen molar-refractivity contribution in [1.29, 1.82) is 0 Å². The van der Waals surface area contributed by atoms with Gasteiger partial charge in [0, 0.05) is 18.3 Å². The lowest BCUT2D eigenvalue weighted by atomic mass is 10.2. The predicted octanol–water partition coefficient (Wildman–Crippen LogP) is 2.55. The van der Waals surface area contributed by atoms with Crippen LogP contribution in [-0.4, -0.2) is 17.3 Å². The average molecular weight is 323 g/mol. The largest absolute Gasteiger partial charge is 0.305 e. The molecule has 0 aliphatic carbocycles. The van der Waals surface area contributed by atoms with E-state index in [0.29, 0.717) is 0 Å². The molecule has 0 radical (unpaired) electrons. The van der Waals surface area contributed by atoms with Gasteiger partial charge in [-0.3, -0.25) is 25.5 Å². The maximum Gasteiger partial charge on any atom is 0.269 e. The molecule has 2 aromatic rings. The number of nitrogens with one attached hydrogen (secondary N) is 1. The minimum Gasteiger partial charge on any atom is -0.305 e. The summed E-state index contributed by atoms with van der Waals surface area (Å²) in [6.45, 7) is 1.91. The molecule has 1 atom stereocenters. The van der Waals surface area contributed by atoms with E-state index in [-0.39, 0.29) is 5.69 Å². The summed E-state index contributed by atoms with van der Waals surface area (Å²) in [4.78, 5) is 14.7. The van der Waals surface area contributed by atoms with Crippen LogP contribution in [0.2, 0.25) is 0 Å². The molecule has 0 fully saturated rings. The fraction of sp³-hybridized carbons (Fsp3) is 0.118. The van der Waals surface area contributed by atoms with Crippen LogP contribution in [0.5, 0.6) is 0 Å².